The molecule has 1 aliphatic carbocycles. The van der Waals surface area contributed by atoms with Gasteiger partial charge in [-0.3, -0.25) is 4.79 Å². The molecular weight excluding hydrogens is 184 g/mol. The van der Waals surface area contributed by atoms with Gasteiger partial charge in [0.2, 0.25) is 0 Å². The van der Waals surface area contributed by atoms with Gasteiger partial charge < -0.3 is 0 Å². The number of carbonyl (C=O) groups excluding carboxylic acids is 1. The van der Waals surface area contributed by atoms with Crippen LogP contribution in [0.4, 0.5) is 0 Å². The average molecular weight is 208 g/mol. The lowest BCUT2D eigenvalue weighted by atomic mass is 9.67. The van der Waals surface area contributed by atoms with Crippen molar-refractivity contribution < 1.29 is 4.79 Å². The third-order valence-corrected chi connectivity index (χ3v) is 4.58. The van der Waals surface area contributed by atoms with Gasteiger partial charge in [-0.1, -0.05) is 33.3 Å². The maximum atomic E-state index is 11.1. The lowest BCUT2D eigenvalue weighted by Gasteiger charge is -2.38. The lowest BCUT2D eigenvalue weighted by molar-refractivity contribution is -0.113. The topological polar surface area (TPSA) is 17.1 Å². The summed E-state index contributed by atoms with van der Waals surface area (Å²) in [5, 5.41) is 0. The van der Waals surface area contributed by atoms with E-state index in [1.54, 1.807) is 6.92 Å². The van der Waals surface area contributed by atoms with E-state index in [-0.39, 0.29) is 5.78 Å². The Morgan fingerprint density at radius 2 is 1.80 bits per heavy atom. The van der Waals surface area contributed by atoms with Crippen LogP contribution < -0.4 is 0 Å². The Morgan fingerprint density at radius 3 is 2.20 bits per heavy atom. The molecule has 1 rings (SSSR count). The summed E-state index contributed by atoms with van der Waals surface area (Å²) in [5.74, 6) is 0.203. The highest BCUT2D eigenvalue weighted by molar-refractivity contribution is 5.92. The van der Waals surface area contributed by atoms with Gasteiger partial charge in [0.05, 0.1) is 0 Å². The molecule has 15 heavy (non-hydrogen) atoms. The molecule has 0 aromatic carbocycles. The van der Waals surface area contributed by atoms with Crippen LogP contribution in [0.25, 0.3) is 0 Å². The van der Waals surface area contributed by atoms with E-state index in [2.05, 4.69) is 26.8 Å². The number of ketones is 1. The third-order valence-electron chi connectivity index (χ3n) is 4.58. The molecule has 1 unspecified atom stereocenters. The van der Waals surface area contributed by atoms with Crippen LogP contribution in [0, 0.1) is 10.8 Å². The van der Waals surface area contributed by atoms with Gasteiger partial charge in [-0.2, -0.15) is 0 Å². The Labute approximate surface area is 93.9 Å². The van der Waals surface area contributed by atoms with Crippen LogP contribution >= 0.6 is 0 Å². The third kappa shape index (κ3) is 2.50. The summed E-state index contributed by atoms with van der Waals surface area (Å²) in [6, 6.07) is 0. The van der Waals surface area contributed by atoms with Gasteiger partial charge >= 0.3 is 0 Å². The zero-order chi connectivity index (χ0) is 11.7. The molecule has 0 aromatic rings. The second-order valence-electron chi connectivity index (χ2n) is 5.95. The summed E-state index contributed by atoms with van der Waals surface area (Å²) < 4.78 is 0. The SMILES string of the molecule is CC(=O)C(C)=CCC1(C)CCCC1(C)C. The van der Waals surface area contributed by atoms with E-state index in [1.807, 2.05) is 6.92 Å². The van der Waals surface area contributed by atoms with E-state index < -0.39 is 0 Å². The summed E-state index contributed by atoms with van der Waals surface area (Å²) in [7, 11) is 0. The first-order valence-electron chi connectivity index (χ1n) is 5.96. The fourth-order valence-corrected chi connectivity index (χ4v) is 2.46. The zero-order valence-corrected chi connectivity index (χ0v) is 10.8. The van der Waals surface area contributed by atoms with Gasteiger partial charge in [-0.05, 0) is 49.5 Å². The van der Waals surface area contributed by atoms with Crippen molar-refractivity contribution in [2.24, 2.45) is 10.8 Å². The van der Waals surface area contributed by atoms with Crippen molar-refractivity contribution in [1.82, 2.24) is 0 Å². The van der Waals surface area contributed by atoms with Crippen LogP contribution in [0.3, 0.4) is 0 Å². The monoisotopic (exact) mass is 208 g/mol. The number of allylic oxidation sites excluding steroid dienone is 2. The Kier molecular flexibility index (Phi) is 3.42. The van der Waals surface area contributed by atoms with Gasteiger partial charge in [-0.15, -0.1) is 0 Å². The van der Waals surface area contributed by atoms with Crippen molar-refractivity contribution in [1.29, 1.82) is 0 Å². The highest BCUT2D eigenvalue weighted by Gasteiger charge is 2.43. The number of rotatable bonds is 3. The fraction of sp³-hybridized carbons (Fsp3) is 0.786. The van der Waals surface area contributed by atoms with Crippen molar-refractivity contribution in [3.8, 4) is 0 Å². The van der Waals surface area contributed by atoms with Crippen LogP contribution in [-0.2, 0) is 4.79 Å². The maximum Gasteiger partial charge on any atom is 0.155 e. The van der Waals surface area contributed by atoms with Crippen LogP contribution in [0.5, 0.6) is 0 Å². The molecule has 0 N–H and O–H groups in total. The van der Waals surface area contributed by atoms with E-state index in [4.69, 9.17) is 0 Å². The normalized spacial score (nSPS) is 30.6. The summed E-state index contributed by atoms with van der Waals surface area (Å²) in [6.07, 6.45) is 7.12. The number of hydrogen-bond donors (Lipinski definition) is 0. The molecule has 0 aliphatic heterocycles. The molecule has 0 amide bonds. The van der Waals surface area contributed by atoms with E-state index in [0.29, 0.717) is 10.8 Å². The van der Waals surface area contributed by atoms with E-state index >= 15 is 0 Å². The number of hydrogen-bond acceptors (Lipinski definition) is 1. The van der Waals surface area contributed by atoms with Crippen LogP contribution in [0.2, 0.25) is 0 Å². The molecule has 86 valence electrons. The van der Waals surface area contributed by atoms with E-state index in [9.17, 15) is 4.79 Å². The maximum absolute atomic E-state index is 11.1. The molecule has 1 heteroatoms. The molecule has 1 aliphatic rings. The van der Waals surface area contributed by atoms with Gasteiger partial charge in [0.25, 0.3) is 0 Å². The number of carbonyl (C=O) groups is 1. The van der Waals surface area contributed by atoms with Gasteiger partial charge in [0.1, 0.15) is 0 Å². The number of Topliss-reactive ketones (excluding diaryl/α,β-unsaturated/α-hetero) is 1. The smallest absolute Gasteiger partial charge is 0.155 e. The second kappa shape index (κ2) is 4.11. The van der Waals surface area contributed by atoms with Crippen molar-refractivity contribution >= 4 is 5.78 Å². The molecular formula is C14H24O. The minimum Gasteiger partial charge on any atom is -0.295 e. The highest BCUT2D eigenvalue weighted by atomic mass is 16.1. The van der Waals surface area contributed by atoms with Crippen LogP contribution in [0.15, 0.2) is 11.6 Å². The molecule has 0 heterocycles. The van der Waals surface area contributed by atoms with E-state index in [0.717, 1.165) is 12.0 Å². The minimum atomic E-state index is 0.203. The fourth-order valence-electron chi connectivity index (χ4n) is 2.46. The molecule has 0 radical (unpaired) electrons. The zero-order valence-electron chi connectivity index (χ0n) is 10.8. The van der Waals surface area contributed by atoms with Crippen LogP contribution in [-0.4, -0.2) is 5.78 Å². The molecule has 1 fully saturated rings. The first-order chi connectivity index (χ1) is 6.78. The van der Waals surface area contributed by atoms with Crippen molar-refractivity contribution in [2.75, 3.05) is 0 Å². The second-order valence-corrected chi connectivity index (χ2v) is 5.95. The molecule has 1 atom stereocenters. The van der Waals surface area contributed by atoms with E-state index in [1.165, 1.54) is 19.3 Å². The average Bonchev–Trinajstić information content (AvgIpc) is 2.38. The molecule has 0 saturated heterocycles. The molecule has 0 spiro atoms. The summed E-state index contributed by atoms with van der Waals surface area (Å²) >= 11 is 0. The van der Waals surface area contributed by atoms with Crippen LogP contribution in [0.1, 0.15) is 60.3 Å². The predicted octanol–water partition coefficient (Wildman–Crippen LogP) is 4.13. The Morgan fingerprint density at radius 1 is 1.20 bits per heavy atom. The summed E-state index contributed by atoms with van der Waals surface area (Å²) in [6.45, 7) is 10.7. The summed E-state index contributed by atoms with van der Waals surface area (Å²) in [5.41, 5.74) is 1.71. The quantitative estimate of drug-likeness (QED) is 0.637. The Hall–Kier alpha value is -0.590. The minimum absolute atomic E-state index is 0.203. The van der Waals surface area contributed by atoms with Crippen molar-refractivity contribution in [3.05, 3.63) is 11.6 Å². The first kappa shape index (κ1) is 12.5. The van der Waals surface area contributed by atoms with Gasteiger partial charge in [0.15, 0.2) is 5.78 Å². The van der Waals surface area contributed by atoms with Gasteiger partial charge in [-0.25, -0.2) is 0 Å². The molecule has 0 bridgehead atoms. The lowest BCUT2D eigenvalue weighted by Crippen LogP contribution is -2.29. The molecule has 1 saturated carbocycles. The molecule has 0 aromatic heterocycles. The highest BCUT2D eigenvalue weighted by Crippen LogP contribution is 2.54. The van der Waals surface area contributed by atoms with Crippen molar-refractivity contribution in [3.63, 3.8) is 0 Å². The summed E-state index contributed by atoms with van der Waals surface area (Å²) in [4.78, 5) is 11.1. The largest absolute Gasteiger partial charge is 0.295 e. The van der Waals surface area contributed by atoms with Crippen molar-refractivity contribution in [2.45, 2.75) is 60.3 Å². The standard InChI is InChI=1S/C14H24O/c1-11(12(2)15)7-10-14(5)9-6-8-13(14,3)4/h7H,6,8-10H2,1-5H3. The first-order valence-corrected chi connectivity index (χ1v) is 5.96. The Balaban J connectivity index is 2.73. The van der Waals surface area contributed by atoms with Gasteiger partial charge in [0, 0.05) is 0 Å². The predicted molar refractivity (Wildman–Crippen MR) is 64.8 cm³/mol. The Bertz CT molecular complexity index is 286. The molecule has 1 nitrogen and oxygen atoms in total.